The number of nitrogens with two attached hydrogens (primary N) is 6. The minimum atomic E-state index is -1.17. The van der Waals surface area contributed by atoms with E-state index in [9.17, 15) is 38.4 Å². The van der Waals surface area contributed by atoms with Gasteiger partial charge in [0.25, 0.3) is 23.6 Å². The van der Waals surface area contributed by atoms with Crippen LogP contribution in [0.3, 0.4) is 0 Å². The number of anilines is 4. The summed E-state index contributed by atoms with van der Waals surface area (Å²) >= 11 is 0. The standard InChI is InChI=1S/C56H79N13O12/c1-78-45-21-17-33(29-37(45)49(62)70)64-54(75)42(14-6-10-26-58)67-51(72)39-31-35(19-23-47(39)80-3)66-56(77)44(16-8-12-28-60)69-52(73)40-32-36(20-24-48(40)81-4)65-55(76)43(15-7-11-27-59)68-50(71)38-30-34(18-22-46(38)79-2)63-53(74)41(61)13-5-9-25-57/h17-24,29-32,41-44H,5-16,25-28,57-61H2,1-4H3,(H2,62,70)(H,63,74)(H,64,75)(H,65,76)(H,66,77)(H,67,72)(H,68,71)(H,69,73)/t41-,42+,43+,44+/m1/s1. The summed E-state index contributed by atoms with van der Waals surface area (Å²) in [5.41, 5.74) is 35.3. The van der Waals surface area contributed by atoms with Crippen molar-refractivity contribution in [1.29, 1.82) is 0 Å². The molecular weight excluding hydrogens is 1050 g/mol. The van der Waals surface area contributed by atoms with E-state index in [0.29, 0.717) is 84.0 Å². The highest BCUT2D eigenvalue weighted by Crippen LogP contribution is 2.28. The second kappa shape index (κ2) is 33.9. The Hall–Kier alpha value is -8.36. The number of hydrogen-bond donors (Lipinski definition) is 13. The quantitative estimate of drug-likeness (QED) is 0.0295. The van der Waals surface area contributed by atoms with Crippen molar-refractivity contribution in [3.05, 3.63) is 95.1 Å². The van der Waals surface area contributed by atoms with Crippen LogP contribution in [-0.4, -0.2) is 126 Å². The second-order valence-corrected chi connectivity index (χ2v) is 18.8. The molecule has 25 heteroatoms. The van der Waals surface area contributed by atoms with Crippen LogP contribution in [0.15, 0.2) is 72.8 Å². The Balaban J connectivity index is 1.55. The number of primary amides is 1. The van der Waals surface area contributed by atoms with Gasteiger partial charge in [-0.05, 0) is 170 Å². The number of benzene rings is 4. The number of unbranched alkanes of at least 4 members (excludes halogenated alkanes) is 4. The Kier molecular flexibility index (Phi) is 27.3. The number of amides is 8. The van der Waals surface area contributed by atoms with E-state index in [-0.39, 0.29) is 87.3 Å². The summed E-state index contributed by atoms with van der Waals surface area (Å²) in [6, 6.07) is 13.3. The number of nitrogens with one attached hydrogen (secondary N) is 7. The molecule has 0 heterocycles. The maximum atomic E-state index is 14.2. The minimum Gasteiger partial charge on any atom is -0.496 e. The van der Waals surface area contributed by atoms with E-state index >= 15 is 0 Å². The van der Waals surface area contributed by atoms with Crippen molar-refractivity contribution < 1.29 is 57.3 Å². The number of ether oxygens (including phenoxy) is 4. The lowest BCUT2D eigenvalue weighted by Gasteiger charge is -2.22. The molecule has 0 saturated heterocycles. The lowest BCUT2D eigenvalue weighted by Crippen LogP contribution is -2.44. The van der Waals surface area contributed by atoms with E-state index in [1.165, 1.54) is 95.2 Å². The van der Waals surface area contributed by atoms with Crippen LogP contribution in [0, 0.1) is 0 Å². The van der Waals surface area contributed by atoms with Crippen molar-refractivity contribution in [2.24, 2.45) is 34.4 Å². The average Bonchev–Trinajstić information content (AvgIpc) is 3.48. The lowest BCUT2D eigenvalue weighted by molar-refractivity contribution is -0.118. The van der Waals surface area contributed by atoms with Crippen molar-refractivity contribution in [2.75, 3.05) is 75.9 Å². The fourth-order valence-electron chi connectivity index (χ4n) is 8.42. The minimum absolute atomic E-state index is 0.0325. The maximum absolute atomic E-state index is 14.2. The van der Waals surface area contributed by atoms with E-state index in [4.69, 9.17) is 53.3 Å². The number of rotatable bonds is 35. The topological polar surface area (TPSA) is 414 Å². The van der Waals surface area contributed by atoms with Crippen LogP contribution in [-0.2, 0) is 19.2 Å². The van der Waals surface area contributed by atoms with Crippen molar-refractivity contribution >= 4 is 70.0 Å². The summed E-state index contributed by atoms with van der Waals surface area (Å²) in [5.74, 6) is -4.64. The van der Waals surface area contributed by atoms with Gasteiger partial charge in [0.15, 0.2) is 0 Å². The van der Waals surface area contributed by atoms with Crippen LogP contribution >= 0.6 is 0 Å². The smallest absolute Gasteiger partial charge is 0.255 e. The Morgan fingerprint density at radius 1 is 0.383 bits per heavy atom. The fraction of sp³-hybridized carbons (Fsp3) is 0.429. The number of methoxy groups -OCH3 is 4. The number of hydrogen-bond acceptors (Lipinski definition) is 17. The first-order valence-electron chi connectivity index (χ1n) is 26.7. The Bertz CT molecular complexity index is 2800. The van der Waals surface area contributed by atoms with Crippen LogP contribution in [0.1, 0.15) is 118 Å². The highest BCUT2D eigenvalue weighted by molar-refractivity contribution is 6.07. The fourth-order valence-corrected chi connectivity index (χ4v) is 8.42. The van der Waals surface area contributed by atoms with Crippen LogP contribution in [0.5, 0.6) is 23.0 Å². The van der Waals surface area contributed by atoms with Gasteiger partial charge in [-0.25, -0.2) is 0 Å². The molecule has 0 fully saturated rings. The molecule has 440 valence electrons. The molecule has 0 bridgehead atoms. The van der Waals surface area contributed by atoms with E-state index in [0.717, 1.165) is 0 Å². The molecule has 0 aromatic heterocycles. The first-order valence-corrected chi connectivity index (χ1v) is 26.7. The largest absolute Gasteiger partial charge is 0.496 e. The Morgan fingerprint density at radius 3 is 0.914 bits per heavy atom. The van der Waals surface area contributed by atoms with Crippen LogP contribution in [0.4, 0.5) is 22.7 Å². The predicted molar refractivity (Wildman–Crippen MR) is 308 cm³/mol. The molecule has 81 heavy (non-hydrogen) atoms. The molecule has 0 aliphatic carbocycles. The Morgan fingerprint density at radius 2 is 0.642 bits per heavy atom. The first kappa shape index (κ1) is 65.2. The highest BCUT2D eigenvalue weighted by atomic mass is 16.5. The van der Waals surface area contributed by atoms with E-state index in [1.54, 1.807) is 6.07 Å². The molecule has 19 N–H and O–H groups in total. The van der Waals surface area contributed by atoms with E-state index < -0.39 is 71.4 Å². The third-order valence-electron chi connectivity index (χ3n) is 12.9. The van der Waals surface area contributed by atoms with E-state index in [1.807, 2.05) is 0 Å². The summed E-state index contributed by atoms with van der Waals surface area (Å²) in [6.45, 7) is 1.46. The van der Waals surface area contributed by atoms with Crippen molar-refractivity contribution in [1.82, 2.24) is 16.0 Å². The summed E-state index contributed by atoms with van der Waals surface area (Å²) in [6.07, 6.45) is 5.28. The monoisotopic (exact) mass is 1130 g/mol. The van der Waals surface area contributed by atoms with Gasteiger partial charge in [-0.1, -0.05) is 6.42 Å². The molecular formula is C56H79N13O12. The summed E-state index contributed by atoms with van der Waals surface area (Å²) in [5, 5.41) is 19.3. The average molecular weight is 1130 g/mol. The molecule has 25 nitrogen and oxygen atoms in total. The molecule has 0 spiro atoms. The zero-order valence-electron chi connectivity index (χ0n) is 46.4. The molecule has 4 atom stereocenters. The zero-order chi connectivity index (χ0) is 59.4. The van der Waals surface area contributed by atoms with Gasteiger partial charge in [0.1, 0.15) is 41.1 Å². The molecule has 0 unspecified atom stereocenters. The molecule has 4 aromatic rings. The summed E-state index contributed by atoms with van der Waals surface area (Å²) < 4.78 is 21.7. The summed E-state index contributed by atoms with van der Waals surface area (Å²) in [4.78, 5) is 109. The predicted octanol–water partition coefficient (Wildman–Crippen LogP) is 2.81. The van der Waals surface area contributed by atoms with Gasteiger partial charge in [-0.3, -0.25) is 38.4 Å². The lowest BCUT2D eigenvalue weighted by atomic mass is 10.1. The van der Waals surface area contributed by atoms with Gasteiger partial charge in [-0.2, -0.15) is 0 Å². The highest BCUT2D eigenvalue weighted by Gasteiger charge is 2.29. The van der Waals surface area contributed by atoms with E-state index in [2.05, 4.69) is 37.2 Å². The van der Waals surface area contributed by atoms with Gasteiger partial charge >= 0.3 is 0 Å². The van der Waals surface area contributed by atoms with Crippen LogP contribution < -0.4 is 90.6 Å². The van der Waals surface area contributed by atoms with Gasteiger partial charge in [0, 0.05) is 22.7 Å². The Labute approximate surface area is 471 Å². The third kappa shape index (κ3) is 20.0. The van der Waals surface area contributed by atoms with Crippen LogP contribution in [0.25, 0.3) is 0 Å². The van der Waals surface area contributed by atoms with Gasteiger partial charge in [0.2, 0.25) is 23.6 Å². The van der Waals surface area contributed by atoms with Crippen molar-refractivity contribution in [3.8, 4) is 23.0 Å². The number of carbonyl (C=O) groups is 8. The molecule has 0 aliphatic rings. The molecule has 4 rings (SSSR count). The van der Waals surface area contributed by atoms with Gasteiger partial charge in [0.05, 0.1) is 56.7 Å². The molecule has 0 radical (unpaired) electrons. The molecule has 0 saturated carbocycles. The molecule has 0 aliphatic heterocycles. The second-order valence-electron chi connectivity index (χ2n) is 18.8. The van der Waals surface area contributed by atoms with Crippen LogP contribution in [0.2, 0.25) is 0 Å². The summed E-state index contributed by atoms with van der Waals surface area (Å²) in [7, 11) is 5.44. The maximum Gasteiger partial charge on any atom is 0.255 e. The van der Waals surface area contributed by atoms with Crippen molar-refractivity contribution in [3.63, 3.8) is 0 Å². The number of carbonyl (C=O) groups excluding carboxylic acids is 8. The van der Waals surface area contributed by atoms with Gasteiger partial charge < -0.3 is 90.6 Å². The third-order valence-corrected chi connectivity index (χ3v) is 12.9. The first-order chi connectivity index (χ1) is 38.9. The molecule has 4 aromatic carbocycles. The van der Waals surface area contributed by atoms with Gasteiger partial charge in [-0.15, -0.1) is 0 Å². The van der Waals surface area contributed by atoms with Crippen molar-refractivity contribution in [2.45, 2.75) is 101 Å². The SMILES string of the molecule is COc1ccc(NC(=O)[C@H](CCCCN)NC(=O)c2cc(NC(=O)[C@H](CCCCN)NC(=O)c3cc(NC(=O)[C@H](CCCCN)NC(=O)c4cc(NC(=O)[C@H](N)CCCCN)ccc4OC)ccc3OC)ccc2OC)cc1C(N)=O. The normalized spacial score (nSPS) is 12.3. The zero-order valence-corrected chi connectivity index (χ0v) is 46.4. The molecule has 8 amide bonds.